The van der Waals surface area contributed by atoms with Gasteiger partial charge in [0.1, 0.15) is 0 Å². The first kappa shape index (κ1) is 15.5. The number of nitrogens with two attached hydrogens (primary N) is 1. The maximum atomic E-state index is 12.5. The Morgan fingerprint density at radius 2 is 2.00 bits per heavy atom. The first-order chi connectivity index (χ1) is 8.21. The van der Waals surface area contributed by atoms with Gasteiger partial charge in [-0.15, -0.1) is 0 Å². The van der Waals surface area contributed by atoms with E-state index in [1.165, 1.54) is 4.31 Å². The summed E-state index contributed by atoms with van der Waals surface area (Å²) in [5, 5.41) is 0. The predicted molar refractivity (Wildman–Crippen MR) is 78.0 cm³/mol. The Hall–Kier alpha value is -0.590. The number of benzene rings is 1. The zero-order valence-corrected chi connectivity index (χ0v) is 13.5. The number of halogens is 1. The molecule has 0 saturated heterocycles. The maximum Gasteiger partial charge on any atom is 0.243 e. The molecule has 0 fully saturated rings. The van der Waals surface area contributed by atoms with E-state index in [9.17, 15) is 8.42 Å². The molecule has 1 aromatic rings. The smallest absolute Gasteiger partial charge is 0.243 e. The fourth-order valence-corrected chi connectivity index (χ4v) is 3.93. The van der Waals surface area contributed by atoms with Crippen LogP contribution >= 0.6 is 15.9 Å². The molecule has 0 radical (unpaired) electrons. The van der Waals surface area contributed by atoms with Crippen LogP contribution in [0.3, 0.4) is 0 Å². The summed E-state index contributed by atoms with van der Waals surface area (Å²) in [6.07, 6.45) is 0.762. The molecule has 6 heteroatoms. The fourth-order valence-electron chi connectivity index (χ4n) is 1.59. The molecule has 2 N–H and O–H groups in total. The van der Waals surface area contributed by atoms with E-state index < -0.39 is 10.0 Å². The Bertz CT molecular complexity index is 543. The molecular weight excluding hydrogens is 316 g/mol. The van der Waals surface area contributed by atoms with Crippen LogP contribution in [-0.2, 0) is 10.0 Å². The zero-order chi connectivity index (χ0) is 14.1. The molecule has 4 nitrogen and oxygen atoms in total. The van der Waals surface area contributed by atoms with Gasteiger partial charge in [-0.2, -0.15) is 4.31 Å². The molecule has 1 aromatic carbocycles. The molecule has 0 aliphatic heterocycles. The predicted octanol–water partition coefficient (Wildman–Crippen LogP) is 2.76. The van der Waals surface area contributed by atoms with E-state index >= 15 is 0 Å². The summed E-state index contributed by atoms with van der Waals surface area (Å²) in [5.41, 5.74) is 6.88. The molecule has 0 amide bonds. The van der Waals surface area contributed by atoms with E-state index in [1.807, 2.05) is 13.8 Å². The summed E-state index contributed by atoms with van der Waals surface area (Å²) in [6, 6.07) is 3.26. The lowest BCUT2D eigenvalue weighted by molar-refractivity contribution is 0.380. The summed E-state index contributed by atoms with van der Waals surface area (Å²) in [7, 11) is -1.91. The molecule has 0 heterocycles. The molecule has 0 aliphatic carbocycles. The van der Waals surface area contributed by atoms with Crippen LogP contribution in [0.25, 0.3) is 0 Å². The first-order valence-corrected chi connectivity index (χ1v) is 7.98. The SMILES string of the molecule is CCC(C)N(C)S(=O)(=O)c1cc(Br)cc(N)c1C. The van der Waals surface area contributed by atoms with Crippen LogP contribution in [0.1, 0.15) is 25.8 Å². The Balaban J connectivity index is 3.37. The normalized spacial score (nSPS) is 13.9. The summed E-state index contributed by atoms with van der Waals surface area (Å²) >= 11 is 3.28. The van der Waals surface area contributed by atoms with Crippen LogP contribution in [-0.4, -0.2) is 25.8 Å². The molecular formula is C12H19BrN2O2S. The van der Waals surface area contributed by atoms with Crippen LogP contribution in [0.4, 0.5) is 5.69 Å². The maximum absolute atomic E-state index is 12.5. The third-order valence-corrected chi connectivity index (χ3v) is 5.79. The number of anilines is 1. The van der Waals surface area contributed by atoms with Crippen molar-refractivity contribution in [1.82, 2.24) is 4.31 Å². The van der Waals surface area contributed by atoms with Gasteiger partial charge in [0.15, 0.2) is 0 Å². The third kappa shape index (κ3) is 2.87. The third-order valence-electron chi connectivity index (χ3n) is 3.23. The van der Waals surface area contributed by atoms with Crippen LogP contribution in [0.5, 0.6) is 0 Å². The van der Waals surface area contributed by atoms with Gasteiger partial charge in [-0.25, -0.2) is 8.42 Å². The van der Waals surface area contributed by atoms with Gasteiger partial charge in [-0.1, -0.05) is 22.9 Å². The van der Waals surface area contributed by atoms with E-state index in [0.29, 0.717) is 15.7 Å². The molecule has 0 aliphatic rings. The van der Waals surface area contributed by atoms with Crippen molar-refractivity contribution in [3.63, 3.8) is 0 Å². The molecule has 18 heavy (non-hydrogen) atoms. The van der Waals surface area contributed by atoms with Gasteiger partial charge in [0.25, 0.3) is 0 Å². The van der Waals surface area contributed by atoms with Gasteiger partial charge in [0, 0.05) is 23.2 Å². The first-order valence-electron chi connectivity index (χ1n) is 5.75. The van der Waals surface area contributed by atoms with E-state index in [4.69, 9.17) is 5.73 Å². The van der Waals surface area contributed by atoms with Crippen molar-refractivity contribution in [2.24, 2.45) is 0 Å². The van der Waals surface area contributed by atoms with Crippen LogP contribution < -0.4 is 5.73 Å². The number of hydrogen-bond donors (Lipinski definition) is 1. The number of nitrogens with zero attached hydrogens (tertiary/aromatic N) is 1. The van der Waals surface area contributed by atoms with Crippen molar-refractivity contribution in [2.45, 2.75) is 38.1 Å². The highest BCUT2D eigenvalue weighted by Crippen LogP contribution is 2.29. The minimum atomic E-state index is -3.50. The lowest BCUT2D eigenvalue weighted by atomic mass is 10.2. The minimum absolute atomic E-state index is 0.0467. The van der Waals surface area contributed by atoms with Crippen LogP contribution in [0.2, 0.25) is 0 Å². The topological polar surface area (TPSA) is 63.4 Å². The summed E-state index contributed by atoms with van der Waals surface area (Å²) in [4.78, 5) is 0.261. The second kappa shape index (κ2) is 5.59. The zero-order valence-electron chi connectivity index (χ0n) is 11.1. The van der Waals surface area contributed by atoms with Crippen LogP contribution in [0.15, 0.2) is 21.5 Å². The largest absolute Gasteiger partial charge is 0.398 e. The number of hydrogen-bond acceptors (Lipinski definition) is 3. The van der Waals surface area contributed by atoms with Crippen molar-refractivity contribution in [2.75, 3.05) is 12.8 Å². The second-order valence-electron chi connectivity index (χ2n) is 4.40. The van der Waals surface area contributed by atoms with Gasteiger partial charge in [0.2, 0.25) is 10.0 Å². The van der Waals surface area contributed by atoms with Gasteiger partial charge in [0.05, 0.1) is 4.90 Å². The van der Waals surface area contributed by atoms with Gasteiger partial charge in [-0.3, -0.25) is 0 Å². The van der Waals surface area contributed by atoms with Crippen LogP contribution in [0, 0.1) is 6.92 Å². The van der Waals surface area contributed by atoms with Crippen molar-refractivity contribution >= 4 is 31.6 Å². The Labute approximate surface area is 117 Å². The van der Waals surface area contributed by atoms with E-state index in [-0.39, 0.29) is 10.9 Å². The summed E-state index contributed by atoms with van der Waals surface area (Å²) in [5.74, 6) is 0. The van der Waals surface area contributed by atoms with Gasteiger partial charge < -0.3 is 5.73 Å². The van der Waals surface area contributed by atoms with E-state index in [2.05, 4.69) is 15.9 Å². The molecule has 1 rings (SSSR count). The standard InChI is InChI=1S/C12H19BrN2O2S/c1-5-8(2)15(4)18(16,17)12-7-10(13)6-11(14)9(12)3/h6-8H,5,14H2,1-4H3. The Kier molecular flexibility index (Phi) is 4.80. The highest BCUT2D eigenvalue weighted by Gasteiger charge is 2.27. The molecule has 0 bridgehead atoms. The van der Waals surface area contributed by atoms with Crippen molar-refractivity contribution in [3.8, 4) is 0 Å². The average molecular weight is 335 g/mol. The number of nitrogen functional groups attached to an aromatic ring is 1. The number of sulfonamides is 1. The molecule has 0 saturated carbocycles. The van der Waals surface area contributed by atoms with E-state index in [1.54, 1.807) is 26.1 Å². The van der Waals surface area contributed by atoms with Crippen molar-refractivity contribution in [3.05, 3.63) is 22.2 Å². The monoisotopic (exact) mass is 334 g/mol. The van der Waals surface area contributed by atoms with Crippen molar-refractivity contribution < 1.29 is 8.42 Å². The minimum Gasteiger partial charge on any atom is -0.398 e. The summed E-state index contributed by atoms with van der Waals surface area (Å²) < 4.78 is 27.1. The molecule has 102 valence electrons. The molecule has 1 unspecified atom stereocenters. The van der Waals surface area contributed by atoms with Gasteiger partial charge in [-0.05, 0) is 38.0 Å². The average Bonchev–Trinajstić information content (AvgIpc) is 2.31. The van der Waals surface area contributed by atoms with Gasteiger partial charge >= 0.3 is 0 Å². The lowest BCUT2D eigenvalue weighted by Gasteiger charge is -2.24. The summed E-state index contributed by atoms with van der Waals surface area (Å²) in [6.45, 7) is 5.56. The fraction of sp³-hybridized carbons (Fsp3) is 0.500. The highest BCUT2D eigenvalue weighted by molar-refractivity contribution is 9.10. The molecule has 0 spiro atoms. The number of rotatable bonds is 4. The highest BCUT2D eigenvalue weighted by atomic mass is 79.9. The lowest BCUT2D eigenvalue weighted by Crippen LogP contribution is -2.35. The van der Waals surface area contributed by atoms with E-state index in [0.717, 1.165) is 6.42 Å². The molecule has 0 aromatic heterocycles. The Morgan fingerprint density at radius 3 is 2.50 bits per heavy atom. The molecule has 1 atom stereocenters. The Morgan fingerprint density at radius 1 is 1.44 bits per heavy atom. The van der Waals surface area contributed by atoms with Crippen molar-refractivity contribution in [1.29, 1.82) is 0 Å². The second-order valence-corrected chi connectivity index (χ2v) is 7.28. The quantitative estimate of drug-likeness (QED) is 0.861.